The van der Waals surface area contributed by atoms with E-state index in [1.54, 1.807) is 17.0 Å². The standard InChI is InChI=1S/C24H27N3O3S/c1-2-3-5-17-7-9-18(10-8-17)20-16-31-24(25-20)26-22(28)19-11-13-27(14-12-19)23(29)21-6-4-15-30-21/h4,6-10,15-16,19H,2-3,5,11-14H2,1H3,(H,25,26,28). The molecule has 2 aromatic heterocycles. The molecular formula is C24H27N3O3S. The summed E-state index contributed by atoms with van der Waals surface area (Å²) in [4.78, 5) is 31.4. The normalized spacial score (nSPS) is 14.5. The lowest BCUT2D eigenvalue weighted by Gasteiger charge is -2.30. The van der Waals surface area contributed by atoms with Crippen molar-refractivity contribution in [2.45, 2.75) is 39.0 Å². The average molecular weight is 438 g/mol. The van der Waals surface area contributed by atoms with E-state index in [2.05, 4.69) is 41.5 Å². The number of hydrogen-bond donors (Lipinski definition) is 1. The van der Waals surface area contributed by atoms with Crippen molar-refractivity contribution in [3.8, 4) is 11.3 Å². The fraction of sp³-hybridized carbons (Fsp3) is 0.375. The molecule has 1 fully saturated rings. The van der Waals surface area contributed by atoms with Gasteiger partial charge in [-0.05, 0) is 43.4 Å². The van der Waals surface area contributed by atoms with E-state index in [4.69, 9.17) is 4.42 Å². The summed E-state index contributed by atoms with van der Waals surface area (Å²) in [6.07, 6.45) is 6.25. The van der Waals surface area contributed by atoms with E-state index in [9.17, 15) is 9.59 Å². The monoisotopic (exact) mass is 437 g/mol. The number of unbranched alkanes of at least 4 members (excludes halogenated alkanes) is 1. The molecule has 162 valence electrons. The summed E-state index contributed by atoms with van der Waals surface area (Å²) in [5, 5.41) is 5.55. The molecular weight excluding hydrogens is 410 g/mol. The Balaban J connectivity index is 1.30. The minimum Gasteiger partial charge on any atom is -0.459 e. The molecule has 0 aliphatic carbocycles. The highest BCUT2D eigenvalue weighted by Gasteiger charge is 2.29. The van der Waals surface area contributed by atoms with Crippen LogP contribution < -0.4 is 5.32 Å². The first kappa shape index (κ1) is 21.3. The molecule has 2 amide bonds. The van der Waals surface area contributed by atoms with Gasteiger partial charge in [0.25, 0.3) is 5.91 Å². The van der Waals surface area contributed by atoms with Crippen molar-refractivity contribution in [1.82, 2.24) is 9.88 Å². The number of anilines is 1. The van der Waals surface area contributed by atoms with Crippen LogP contribution in [0.3, 0.4) is 0 Å². The fourth-order valence-electron chi connectivity index (χ4n) is 3.80. The number of piperidine rings is 1. The highest BCUT2D eigenvalue weighted by atomic mass is 32.1. The van der Waals surface area contributed by atoms with Gasteiger partial charge < -0.3 is 14.6 Å². The summed E-state index contributed by atoms with van der Waals surface area (Å²) < 4.78 is 5.19. The summed E-state index contributed by atoms with van der Waals surface area (Å²) in [6.45, 7) is 3.29. The largest absolute Gasteiger partial charge is 0.459 e. The number of nitrogens with zero attached hydrogens (tertiary/aromatic N) is 2. The third kappa shape index (κ3) is 5.22. The van der Waals surface area contributed by atoms with E-state index < -0.39 is 0 Å². The number of benzene rings is 1. The Bertz CT molecular complexity index is 1000. The molecule has 1 aliphatic rings. The van der Waals surface area contributed by atoms with Crippen LogP contribution >= 0.6 is 11.3 Å². The van der Waals surface area contributed by atoms with Gasteiger partial charge in [-0.2, -0.15) is 0 Å². The number of aromatic nitrogens is 1. The minimum absolute atomic E-state index is 0.0269. The van der Waals surface area contributed by atoms with Crippen molar-refractivity contribution in [3.05, 3.63) is 59.4 Å². The number of carbonyl (C=O) groups excluding carboxylic acids is 2. The summed E-state index contributed by atoms with van der Waals surface area (Å²) in [7, 11) is 0. The van der Waals surface area contributed by atoms with E-state index >= 15 is 0 Å². The first-order valence-electron chi connectivity index (χ1n) is 10.8. The zero-order valence-electron chi connectivity index (χ0n) is 17.7. The van der Waals surface area contributed by atoms with Gasteiger partial charge in [-0.1, -0.05) is 37.6 Å². The molecule has 1 saturated heterocycles. The van der Waals surface area contributed by atoms with Crippen LogP contribution in [0, 0.1) is 5.92 Å². The van der Waals surface area contributed by atoms with Gasteiger partial charge in [-0.15, -0.1) is 11.3 Å². The van der Waals surface area contributed by atoms with Gasteiger partial charge >= 0.3 is 0 Å². The van der Waals surface area contributed by atoms with Gasteiger partial charge in [0.05, 0.1) is 12.0 Å². The molecule has 1 aliphatic heterocycles. The van der Waals surface area contributed by atoms with E-state index in [-0.39, 0.29) is 17.7 Å². The number of thiazole rings is 1. The Hall–Kier alpha value is -2.93. The molecule has 6 nitrogen and oxygen atoms in total. The summed E-state index contributed by atoms with van der Waals surface area (Å²) in [5.41, 5.74) is 3.27. The van der Waals surface area contributed by atoms with Crippen molar-refractivity contribution in [2.24, 2.45) is 5.92 Å². The molecule has 0 unspecified atom stereocenters. The lowest BCUT2D eigenvalue weighted by atomic mass is 9.96. The maximum atomic E-state index is 12.7. The quantitative estimate of drug-likeness (QED) is 0.549. The van der Waals surface area contributed by atoms with Gasteiger partial charge in [-0.3, -0.25) is 9.59 Å². The summed E-state index contributed by atoms with van der Waals surface area (Å²) >= 11 is 1.44. The van der Waals surface area contributed by atoms with Crippen molar-refractivity contribution in [2.75, 3.05) is 18.4 Å². The number of hydrogen-bond acceptors (Lipinski definition) is 5. The summed E-state index contributed by atoms with van der Waals surface area (Å²) in [6, 6.07) is 11.9. The number of amides is 2. The van der Waals surface area contributed by atoms with Crippen molar-refractivity contribution in [3.63, 3.8) is 0 Å². The second-order valence-corrected chi connectivity index (χ2v) is 8.73. The Morgan fingerprint density at radius 3 is 2.65 bits per heavy atom. The fourth-order valence-corrected chi connectivity index (χ4v) is 4.52. The smallest absolute Gasteiger partial charge is 0.289 e. The molecule has 4 rings (SSSR count). The predicted molar refractivity (Wildman–Crippen MR) is 122 cm³/mol. The number of aryl methyl sites for hydroxylation is 1. The maximum Gasteiger partial charge on any atom is 0.289 e. The number of rotatable bonds is 7. The zero-order chi connectivity index (χ0) is 21.6. The minimum atomic E-state index is -0.120. The molecule has 31 heavy (non-hydrogen) atoms. The van der Waals surface area contributed by atoms with Crippen LogP contribution in [0.1, 0.15) is 48.7 Å². The third-order valence-electron chi connectivity index (χ3n) is 5.69. The zero-order valence-corrected chi connectivity index (χ0v) is 18.5. The molecule has 0 saturated carbocycles. The average Bonchev–Trinajstić information content (AvgIpc) is 3.50. The number of likely N-dealkylation sites (tertiary alicyclic amines) is 1. The molecule has 0 spiro atoms. The van der Waals surface area contributed by atoms with E-state index in [0.717, 1.165) is 17.7 Å². The van der Waals surface area contributed by atoms with Gasteiger partial charge in [-0.25, -0.2) is 4.98 Å². The highest BCUT2D eigenvalue weighted by molar-refractivity contribution is 7.14. The molecule has 1 aromatic carbocycles. The van der Waals surface area contributed by atoms with Gasteiger partial charge in [0.1, 0.15) is 0 Å². The molecule has 0 radical (unpaired) electrons. The van der Waals surface area contributed by atoms with Crippen LogP contribution in [-0.4, -0.2) is 34.8 Å². The number of carbonyl (C=O) groups is 2. The summed E-state index contributed by atoms with van der Waals surface area (Å²) in [5.74, 6) is 0.0810. The molecule has 1 N–H and O–H groups in total. The lowest BCUT2D eigenvalue weighted by Crippen LogP contribution is -2.41. The van der Waals surface area contributed by atoms with Crippen LogP contribution in [0.25, 0.3) is 11.3 Å². The van der Waals surface area contributed by atoms with Crippen molar-refractivity contribution < 1.29 is 14.0 Å². The molecule has 3 heterocycles. The van der Waals surface area contributed by atoms with Crippen molar-refractivity contribution in [1.29, 1.82) is 0 Å². The first-order chi connectivity index (χ1) is 15.1. The third-order valence-corrected chi connectivity index (χ3v) is 6.45. The Kier molecular flexibility index (Phi) is 6.82. The molecule has 0 bridgehead atoms. The SMILES string of the molecule is CCCCc1ccc(-c2csc(NC(=O)C3CCN(C(=O)c4ccco4)CC3)n2)cc1. The number of furan rings is 1. The second kappa shape index (κ2) is 9.92. The Labute approximate surface area is 186 Å². The van der Waals surface area contributed by atoms with Crippen LogP contribution in [0.5, 0.6) is 0 Å². The topological polar surface area (TPSA) is 75.4 Å². The first-order valence-corrected chi connectivity index (χ1v) is 11.7. The van der Waals surface area contributed by atoms with Gasteiger partial charge in [0, 0.05) is 30.0 Å². The van der Waals surface area contributed by atoms with E-state index in [0.29, 0.717) is 36.8 Å². The van der Waals surface area contributed by atoms with Gasteiger partial charge in [0.15, 0.2) is 10.9 Å². The van der Waals surface area contributed by atoms with Crippen LogP contribution in [0.2, 0.25) is 0 Å². The van der Waals surface area contributed by atoms with Crippen LogP contribution in [-0.2, 0) is 11.2 Å². The molecule has 0 atom stereocenters. The number of nitrogens with one attached hydrogen (secondary N) is 1. The second-order valence-electron chi connectivity index (χ2n) is 7.87. The lowest BCUT2D eigenvalue weighted by molar-refractivity contribution is -0.121. The van der Waals surface area contributed by atoms with Crippen molar-refractivity contribution >= 4 is 28.3 Å². The maximum absolute atomic E-state index is 12.7. The van der Waals surface area contributed by atoms with Crippen LogP contribution in [0.4, 0.5) is 5.13 Å². The van der Waals surface area contributed by atoms with Crippen LogP contribution in [0.15, 0.2) is 52.5 Å². The van der Waals surface area contributed by atoms with E-state index in [1.165, 1.54) is 36.0 Å². The Morgan fingerprint density at radius 1 is 1.19 bits per heavy atom. The molecule has 7 heteroatoms. The van der Waals surface area contributed by atoms with E-state index in [1.807, 2.05) is 5.38 Å². The Morgan fingerprint density at radius 2 is 1.97 bits per heavy atom. The van der Waals surface area contributed by atoms with Gasteiger partial charge in [0.2, 0.25) is 5.91 Å². The highest BCUT2D eigenvalue weighted by Crippen LogP contribution is 2.27. The predicted octanol–water partition coefficient (Wildman–Crippen LogP) is 5.24. The molecule has 3 aromatic rings.